The highest BCUT2D eigenvalue weighted by molar-refractivity contribution is 5.92. The van der Waals surface area contributed by atoms with Gasteiger partial charge in [-0.2, -0.15) is 0 Å². The van der Waals surface area contributed by atoms with Crippen LogP contribution in [0.2, 0.25) is 0 Å². The van der Waals surface area contributed by atoms with E-state index in [-0.39, 0.29) is 5.56 Å². The van der Waals surface area contributed by atoms with Crippen molar-refractivity contribution in [3.8, 4) is 22.6 Å². The fourth-order valence-electron chi connectivity index (χ4n) is 3.09. The van der Waals surface area contributed by atoms with E-state index in [0.717, 1.165) is 28.1 Å². The molecule has 5 heteroatoms. The summed E-state index contributed by atoms with van der Waals surface area (Å²) in [6, 6.07) is 15.5. The first-order valence-electron chi connectivity index (χ1n) is 8.40. The summed E-state index contributed by atoms with van der Waals surface area (Å²) in [5.41, 5.74) is 5.38. The van der Waals surface area contributed by atoms with Gasteiger partial charge in [-0.25, -0.2) is 9.67 Å². The number of aryl methyl sites for hydroxylation is 2. The summed E-state index contributed by atoms with van der Waals surface area (Å²) < 4.78 is 6.77. The predicted molar refractivity (Wildman–Crippen MR) is 103 cm³/mol. The smallest absolute Gasteiger partial charge is 0.281 e. The molecule has 5 nitrogen and oxygen atoms in total. The SMILES string of the molecule is COc1ccc(-c2ccnc3[nH]n(-c4ccc(C)c(C)c4)c(=O)c23)cc1. The number of hydrogen-bond acceptors (Lipinski definition) is 3. The number of aromatic amines is 1. The molecule has 130 valence electrons. The third-order valence-corrected chi connectivity index (χ3v) is 4.74. The standard InChI is InChI=1S/C21H19N3O2/c1-13-4-7-16(12-14(13)2)24-21(25)19-18(10-11-22-20(19)23-24)15-5-8-17(26-3)9-6-15/h4-12H,1-3H3,(H,22,23). The van der Waals surface area contributed by atoms with E-state index in [4.69, 9.17) is 4.74 Å². The Bertz CT molecular complexity index is 1150. The molecule has 0 saturated heterocycles. The lowest BCUT2D eigenvalue weighted by Gasteiger charge is -2.05. The second kappa shape index (κ2) is 6.19. The normalized spacial score (nSPS) is 11.0. The average Bonchev–Trinajstić information content (AvgIpc) is 3.01. The van der Waals surface area contributed by atoms with Gasteiger partial charge in [0.1, 0.15) is 5.75 Å². The Morgan fingerprint density at radius 2 is 1.77 bits per heavy atom. The number of H-pyrrole nitrogens is 1. The van der Waals surface area contributed by atoms with Crippen LogP contribution in [-0.2, 0) is 0 Å². The number of nitrogens with one attached hydrogen (secondary N) is 1. The summed E-state index contributed by atoms with van der Waals surface area (Å²) in [6.45, 7) is 4.09. The first kappa shape index (κ1) is 16.1. The summed E-state index contributed by atoms with van der Waals surface area (Å²) in [7, 11) is 1.63. The fourth-order valence-corrected chi connectivity index (χ4v) is 3.09. The number of methoxy groups -OCH3 is 1. The average molecular weight is 345 g/mol. The monoisotopic (exact) mass is 345 g/mol. The van der Waals surface area contributed by atoms with E-state index in [2.05, 4.69) is 17.0 Å². The van der Waals surface area contributed by atoms with Gasteiger partial charge in [-0.05, 0) is 66.4 Å². The minimum atomic E-state index is -0.109. The first-order valence-corrected chi connectivity index (χ1v) is 8.40. The van der Waals surface area contributed by atoms with Gasteiger partial charge in [0.25, 0.3) is 5.56 Å². The molecule has 0 aliphatic carbocycles. The molecular formula is C21H19N3O2. The van der Waals surface area contributed by atoms with Crippen molar-refractivity contribution >= 4 is 11.0 Å². The van der Waals surface area contributed by atoms with E-state index in [1.54, 1.807) is 18.0 Å². The van der Waals surface area contributed by atoms with Crippen LogP contribution in [0.5, 0.6) is 5.75 Å². The van der Waals surface area contributed by atoms with E-state index < -0.39 is 0 Å². The zero-order valence-electron chi connectivity index (χ0n) is 14.9. The molecule has 0 aliphatic rings. The molecule has 0 fully saturated rings. The molecule has 0 aliphatic heterocycles. The molecule has 0 amide bonds. The van der Waals surface area contributed by atoms with Crippen LogP contribution < -0.4 is 10.3 Å². The largest absolute Gasteiger partial charge is 0.497 e. The maximum absolute atomic E-state index is 13.1. The van der Waals surface area contributed by atoms with Gasteiger partial charge in [-0.1, -0.05) is 18.2 Å². The third-order valence-electron chi connectivity index (χ3n) is 4.74. The third kappa shape index (κ3) is 2.58. The molecule has 26 heavy (non-hydrogen) atoms. The first-order chi connectivity index (χ1) is 12.6. The lowest BCUT2D eigenvalue weighted by molar-refractivity contribution is 0.415. The summed E-state index contributed by atoms with van der Waals surface area (Å²) in [6.07, 6.45) is 1.71. The summed E-state index contributed by atoms with van der Waals surface area (Å²) in [5, 5.41) is 3.71. The van der Waals surface area contributed by atoms with Crippen LogP contribution >= 0.6 is 0 Å². The van der Waals surface area contributed by atoms with Crippen molar-refractivity contribution in [1.82, 2.24) is 14.8 Å². The van der Waals surface area contributed by atoms with Gasteiger partial charge in [0.2, 0.25) is 0 Å². The number of aromatic nitrogens is 3. The number of nitrogens with zero attached hydrogens (tertiary/aromatic N) is 2. The Morgan fingerprint density at radius 3 is 2.46 bits per heavy atom. The molecule has 0 spiro atoms. The summed E-state index contributed by atoms with van der Waals surface area (Å²) in [5.74, 6) is 0.778. The second-order valence-corrected chi connectivity index (χ2v) is 6.33. The van der Waals surface area contributed by atoms with Crippen LogP contribution in [0.3, 0.4) is 0 Å². The fraction of sp³-hybridized carbons (Fsp3) is 0.143. The van der Waals surface area contributed by atoms with Crippen molar-refractivity contribution in [1.29, 1.82) is 0 Å². The minimum Gasteiger partial charge on any atom is -0.497 e. The van der Waals surface area contributed by atoms with E-state index in [1.165, 1.54) is 5.56 Å². The van der Waals surface area contributed by atoms with Gasteiger partial charge in [-0.15, -0.1) is 0 Å². The van der Waals surface area contributed by atoms with Crippen LogP contribution in [0.15, 0.2) is 59.5 Å². The van der Waals surface area contributed by atoms with Crippen LogP contribution in [0.1, 0.15) is 11.1 Å². The number of rotatable bonds is 3. The summed E-state index contributed by atoms with van der Waals surface area (Å²) in [4.78, 5) is 17.5. The highest BCUT2D eigenvalue weighted by atomic mass is 16.5. The topological polar surface area (TPSA) is 59.9 Å². The zero-order chi connectivity index (χ0) is 18.3. The predicted octanol–water partition coefficient (Wildman–Crippen LogP) is 4.01. The molecule has 2 aromatic carbocycles. The van der Waals surface area contributed by atoms with Crippen molar-refractivity contribution in [3.05, 3.63) is 76.2 Å². The zero-order valence-corrected chi connectivity index (χ0v) is 14.9. The van der Waals surface area contributed by atoms with Gasteiger partial charge in [0.05, 0.1) is 18.2 Å². The van der Waals surface area contributed by atoms with E-state index in [0.29, 0.717) is 11.0 Å². The van der Waals surface area contributed by atoms with Crippen LogP contribution in [0.4, 0.5) is 0 Å². The highest BCUT2D eigenvalue weighted by Gasteiger charge is 2.15. The molecule has 0 unspecified atom stereocenters. The summed E-state index contributed by atoms with van der Waals surface area (Å²) >= 11 is 0. The molecule has 4 aromatic rings. The highest BCUT2D eigenvalue weighted by Crippen LogP contribution is 2.27. The second-order valence-electron chi connectivity index (χ2n) is 6.33. The molecule has 0 saturated carbocycles. The van der Waals surface area contributed by atoms with Gasteiger partial charge in [0, 0.05) is 6.20 Å². The Morgan fingerprint density at radius 1 is 1.00 bits per heavy atom. The van der Waals surface area contributed by atoms with Gasteiger partial charge < -0.3 is 4.74 Å². The van der Waals surface area contributed by atoms with Crippen LogP contribution in [-0.4, -0.2) is 21.9 Å². The Balaban J connectivity index is 1.92. The quantitative estimate of drug-likeness (QED) is 0.610. The number of benzene rings is 2. The number of pyridine rings is 1. The molecule has 0 radical (unpaired) electrons. The van der Waals surface area contributed by atoms with Crippen molar-refractivity contribution in [2.24, 2.45) is 0 Å². The van der Waals surface area contributed by atoms with E-state index >= 15 is 0 Å². The number of fused-ring (bicyclic) bond motifs is 1. The Kier molecular flexibility index (Phi) is 3.84. The van der Waals surface area contributed by atoms with Gasteiger partial charge in [-0.3, -0.25) is 9.89 Å². The lowest BCUT2D eigenvalue weighted by atomic mass is 10.0. The van der Waals surface area contributed by atoms with Gasteiger partial charge >= 0.3 is 0 Å². The van der Waals surface area contributed by atoms with Crippen molar-refractivity contribution in [2.75, 3.05) is 7.11 Å². The van der Waals surface area contributed by atoms with Crippen molar-refractivity contribution < 1.29 is 4.74 Å². The van der Waals surface area contributed by atoms with Crippen molar-refractivity contribution in [2.45, 2.75) is 13.8 Å². The van der Waals surface area contributed by atoms with Crippen LogP contribution in [0, 0.1) is 13.8 Å². The molecule has 0 atom stereocenters. The Hall–Kier alpha value is -3.34. The number of ether oxygens (including phenoxy) is 1. The number of hydrogen-bond donors (Lipinski definition) is 1. The lowest BCUT2D eigenvalue weighted by Crippen LogP contribution is -2.14. The van der Waals surface area contributed by atoms with E-state index in [1.807, 2.05) is 55.5 Å². The molecule has 2 aromatic heterocycles. The molecular weight excluding hydrogens is 326 g/mol. The van der Waals surface area contributed by atoms with Gasteiger partial charge in [0.15, 0.2) is 5.65 Å². The molecule has 1 N–H and O–H groups in total. The Labute approximate surface area is 150 Å². The molecule has 4 rings (SSSR count). The maximum atomic E-state index is 13.1. The minimum absolute atomic E-state index is 0.109. The molecule has 0 bridgehead atoms. The molecule has 2 heterocycles. The maximum Gasteiger partial charge on any atom is 0.281 e. The van der Waals surface area contributed by atoms with E-state index in [9.17, 15) is 4.79 Å². The van der Waals surface area contributed by atoms with Crippen LogP contribution in [0.25, 0.3) is 27.8 Å². The van der Waals surface area contributed by atoms with Crippen molar-refractivity contribution in [3.63, 3.8) is 0 Å².